The number of rotatable bonds is 2. The molecule has 19 heavy (non-hydrogen) atoms. The van der Waals surface area contributed by atoms with Gasteiger partial charge < -0.3 is 5.11 Å². The van der Waals surface area contributed by atoms with E-state index in [4.69, 9.17) is 0 Å². The zero-order valence-electron chi connectivity index (χ0n) is 10.5. The monoisotopic (exact) mass is 258 g/mol. The van der Waals surface area contributed by atoms with Crippen molar-refractivity contribution in [3.8, 4) is 5.88 Å². The van der Waals surface area contributed by atoms with Gasteiger partial charge in [0.1, 0.15) is 0 Å². The highest BCUT2D eigenvalue weighted by atomic mass is 16.3. The van der Waals surface area contributed by atoms with E-state index in [0.717, 1.165) is 6.42 Å². The van der Waals surface area contributed by atoms with Gasteiger partial charge in [-0.05, 0) is 24.5 Å². The number of H-pyrrole nitrogens is 1. The first kappa shape index (κ1) is 11.8. The lowest BCUT2D eigenvalue weighted by Crippen LogP contribution is -2.34. The molecule has 1 aliphatic rings. The number of nitrogens with one attached hydrogen (secondary N) is 1. The van der Waals surface area contributed by atoms with Crippen LogP contribution in [0.5, 0.6) is 5.88 Å². The largest absolute Gasteiger partial charge is 0.494 e. The first-order valence-electron chi connectivity index (χ1n) is 6.18. The molecule has 3 rings (SSSR count). The summed E-state index contributed by atoms with van der Waals surface area (Å²) in [6.45, 7) is 1.89. The van der Waals surface area contributed by atoms with E-state index in [0.29, 0.717) is 6.54 Å². The number of benzene rings is 1. The molecule has 1 aliphatic carbocycles. The standard InChI is InChI=1S/C14H14N2O3/c1-8-12(17)15-14(19)16(13(8)18)7-10-6-9-4-2-3-5-11(9)10/h2-5,10,18H,6-7H2,1H3,(H,15,17,19). The fourth-order valence-corrected chi connectivity index (χ4v) is 2.57. The van der Waals surface area contributed by atoms with E-state index in [-0.39, 0.29) is 17.4 Å². The minimum atomic E-state index is -0.558. The van der Waals surface area contributed by atoms with Gasteiger partial charge in [-0.1, -0.05) is 24.3 Å². The van der Waals surface area contributed by atoms with E-state index < -0.39 is 11.2 Å². The minimum absolute atomic E-state index is 0.173. The summed E-state index contributed by atoms with van der Waals surface area (Å²) in [5, 5.41) is 9.92. The van der Waals surface area contributed by atoms with Crippen LogP contribution in [0.25, 0.3) is 0 Å². The van der Waals surface area contributed by atoms with E-state index in [2.05, 4.69) is 11.1 Å². The van der Waals surface area contributed by atoms with E-state index >= 15 is 0 Å². The summed E-state index contributed by atoms with van der Waals surface area (Å²) in [7, 11) is 0. The third kappa shape index (κ3) is 1.78. The van der Waals surface area contributed by atoms with Crippen molar-refractivity contribution in [1.29, 1.82) is 0 Å². The van der Waals surface area contributed by atoms with Gasteiger partial charge in [-0.3, -0.25) is 14.3 Å². The summed E-state index contributed by atoms with van der Waals surface area (Å²) in [6.07, 6.45) is 0.889. The van der Waals surface area contributed by atoms with Crippen LogP contribution in [-0.4, -0.2) is 14.7 Å². The molecule has 2 aromatic rings. The van der Waals surface area contributed by atoms with E-state index in [1.54, 1.807) is 0 Å². The van der Waals surface area contributed by atoms with Crippen LogP contribution in [0, 0.1) is 6.92 Å². The van der Waals surface area contributed by atoms with Gasteiger partial charge in [-0.25, -0.2) is 4.79 Å². The zero-order valence-corrected chi connectivity index (χ0v) is 10.5. The second-order valence-corrected chi connectivity index (χ2v) is 4.92. The van der Waals surface area contributed by atoms with Gasteiger partial charge in [0.2, 0.25) is 5.88 Å². The molecule has 0 bridgehead atoms. The molecule has 0 saturated carbocycles. The Labute approximate surface area is 109 Å². The first-order valence-corrected chi connectivity index (χ1v) is 6.18. The predicted molar refractivity (Wildman–Crippen MR) is 70.6 cm³/mol. The Balaban J connectivity index is 1.97. The number of aromatic nitrogens is 2. The molecule has 0 saturated heterocycles. The molecule has 5 heteroatoms. The Hall–Kier alpha value is -2.30. The van der Waals surface area contributed by atoms with Gasteiger partial charge in [0.05, 0.1) is 5.56 Å². The molecule has 5 nitrogen and oxygen atoms in total. The van der Waals surface area contributed by atoms with Crippen molar-refractivity contribution >= 4 is 0 Å². The van der Waals surface area contributed by atoms with E-state index in [9.17, 15) is 14.7 Å². The van der Waals surface area contributed by atoms with Crippen LogP contribution in [0.1, 0.15) is 22.6 Å². The minimum Gasteiger partial charge on any atom is -0.494 e. The van der Waals surface area contributed by atoms with Crippen LogP contribution in [0.3, 0.4) is 0 Å². The number of aromatic amines is 1. The molecule has 1 aromatic carbocycles. The molecule has 0 aliphatic heterocycles. The van der Waals surface area contributed by atoms with E-state index in [1.807, 2.05) is 18.2 Å². The molecule has 2 N–H and O–H groups in total. The second kappa shape index (κ2) is 4.12. The normalized spacial score (nSPS) is 16.8. The highest BCUT2D eigenvalue weighted by molar-refractivity contribution is 5.40. The molecule has 98 valence electrons. The molecular formula is C14H14N2O3. The van der Waals surface area contributed by atoms with Crippen molar-refractivity contribution in [2.45, 2.75) is 25.8 Å². The van der Waals surface area contributed by atoms with Crippen molar-refractivity contribution in [2.24, 2.45) is 0 Å². The Morgan fingerprint density at radius 2 is 2.11 bits per heavy atom. The first-order chi connectivity index (χ1) is 9.08. The molecule has 0 radical (unpaired) electrons. The van der Waals surface area contributed by atoms with Gasteiger partial charge in [-0.2, -0.15) is 0 Å². The summed E-state index contributed by atoms with van der Waals surface area (Å²) in [4.78, 5) is 25.3. The lowest BCUT2D eigenvalue weighted by molar-refractivity contribution is 0.373. The quantitative estimate of drug-likeness (QED) is 0.840. The van der Waals surface area contributed by atoms with Gasteiger partial charge in [-0.15, -0.1) is 0 Å². The maximum absolute atomic E-state index is 11.7. The van der Waals surface area contributed by atoms with Crippen molar-refractivity contribution in [3.05, 3.63) is 61.8 Å². The average Bonchev–Trinajstić information content (AvgIpc) is 2.37. The van der Waals surface area contributed by atoms with Crippen LogP contribution in [0.4, 0.5) is 0 Å². The zero-order chi connectivity index (χ0) is 13.6. The number of hydrogen-bond donors (Lipinski definition) is 2. The van der Waals surface area contributed by atoms with Crippen molar-refractivity contribution in [2.75, 3.05) is 0 Å². The third-order valence-corrected chi connectivity index (χ3v) is 3.76. The number of hydrogen-bond acceptors (Lipinski definition) is 3. The maximum Gasteiger partial charge on any atom is 0.331 e. The van der Waals surface area contributed by atoms with Crippen LogP contribution >= 0.6 is 0 Å². The second-order valence-electron chi connectivity index (χ2n) is 4.92. The van der Waals surface area contributed by atoms with Crippen molar-refractivity contribution in [1.82, 2.24) is 9.55 Å². The van der Waals surface area contributed by atoms with E-state index in [1.165, 1.54) is 22.6 Å². The lowest BCUT2D eigenvalue weighted by Gasteiger charge is -2.30. The van der Waals surface area contributed by atoms with Crippen LogP contribution in [-0.2, 0) is 13.0 Å². The summed E-state index contributed by atoms with van der Waals surface area (Å²) in [6, 6.07) is 8.05. The van der Waals surface area contributed by atoms with Gasteiger partial charge in [0.15, 0.2) is 0 Å². The van der Waals surface area contributed by atoms with Gasteiger partial charge in [0.25, 0.3) is 5.56 Å². The summed E-state index contributed by atoms with van der Waals surface area (Å²) in [5.74, 6) is -0.0248. The fraction of sp³-hybridized carbons (Fsp3) is 0.286. The molecule has 1 heterocycles. The number of fused-ring (bicyclic) bond motifs is 1. The highest BCUT2D eigenvalue weighted by Crippen LogP contribution is 2.36. The number of nitrogens with zero attached hydrogens (tertiary/aromatic N) is 1. The Morgan fingerprint density at radius 1 is 1.37 bits per heavy atom. The smallest absolute Gasteiger partial charge is 0.331 e. The molecule has 1 aromatic heterocycles. The molecule has 0 spiro atoms. The van der Waals surface area contributed by atoms with Crippen LogP contribution in [0.15, 0.2) is 33.9 Å². The van der Waals surface area contributed by atoms with Crippen LogP contribution < -0.4 is 11.2 Å². The molecule has 0 amide bonds. The van der Waals surface area contributed by atoms with Gasteiger partial charge in [0, 0.05) is 12.5 Å². The molecule has 1 atom stereocenters. The number of aromatic hydroxyl groups is 1. The van der Waals surface area contributed by atoms with Gasteiger partial charge >= 0.3 is 5.69 Å². The molecular weight excluding hydrogens is 244 g/mol. The highest BCUT2D eigenvalue weighted by Gasteiger charge is 2.27. The summed E-state index contributed by atoms with van der Waals surface area (Å²) in [5.41, 5.74) is 1.57. The Bertz CT molecular complexity index is 758. The van der Waals surface area contributed by atoms with Crippen LogP contribution in [0.2, 0.25) is 0 Å². The molecule has 0 fully saturated rings. The average molecular weight is 258 g/mol. The predicted octanol–water partition coefficient (Wildman–Crippen LogP) is 0.891. The SMILES string of the molecule is Cc1c(O)n(CC2Cc3ccccc32)c(=O)[nH]c1=O. The topological polar surface area (TPSA) is 75.1 Å². The third-order valence-electron chi connectivity index (χ3n) is 3.76. The van der Waals surface area contributed by atoms with Crippen molar-refractivity contribution < 1.29 is 5.11 Å². The lowest BCUT2D eigenvalue weighted by atomic mass is 9.77. The maximum atomic E-state index is 11.7. The Kier molecular flexibility index (Phi) is 2.55. The molecule has 1 unspecified atom stereocenters. The summed E-state index contributed by atoms with van der Waals surface area (Å²) < 4.78 is 1.23. The summed E-state index contributed by atoms with van der Waals surface area (Å²) >= 11 is 0. The fourth-order valence-electron chi connectivity index (χ4n) is 2.57. The Morgan fingerprint density at radius 3 is 2.84 bits per heavy atom. The van der Waals surface area contributed by atoms with Crippen molar-refractivity contribution in [3.63, 3.8) is 0 Å².